The molecule has 9 heteroatoms. The Balaban J connectivity index is 4.71. The van der Waals surface area contributed by atoms with Crippen molar-refractivity contribution in [2.75, 3.05) is 40.9 Å². The Morgan fingerprint density at radius 2 is 1.44 bits per heavy atom. The van der Waals surface area contributed by atoms with Crippen molar-refractivity contribution in [1.29, 1.82) is 0 Å². The van der Waals surface area contributed by atoms with Gasteiger partial charge in [-0.25, -0.2) is 0 Å². The lowest BCUT2D eigenvalue weighted by Crippen LogP contribution is -2.45. The Hall–Kier alpha value is -1.80. The Kier molecular flexibility index (Phi) is 25.5. The summed E-state index contributed by atoms with van der Waals surface area (Å²) in [6, 6.07) is -0.915. The molecule has 0 aromatic heterocycles. The van der Waals surface area contributed by atoms with E-state index in [4.69, 9.17) is 9.05 Å². The minimum absolute atomic E-state index is 0.0158. The van der Waals surface area contributed by atoms with Gasteiger partial charge in [-0.05, 0) is 57.8 Å². The highest BCUT2D eigenvalue weighted by molar-refractivity contribution is 7.45. The summed E-state index contributed by atoms with van der Waals surface area (Å²) in [5.41, 5.74) is 0. The number of rotatable bonds is 27. The van der Waals surface area contributed by atoms with Crippen LogP contribution >= 0.6 is 7.82 Å². The van der Waals surface area contributed by atoms with Crippen molar-refractivity contribution < 1.29 is 32.9 Å². The van der Waals surface area contributed by atoms with Crippen LogP contribution in [-0.2, 0) is 18.4 Å². The van der Waals surface area contributed by atoms with E-state index in [1.54, 1.807) is 6.08 Å². The number of nitrogens with zero attached hydrogens (tertiary/aromatic N) is 1. The molecule has 0 rings (SSSR count). The number of likely N-dealkylation sites (N-methyl/N-ethyl adjacent to an activating group) is 1. The lowest BCUT2D eigenvalue weighted by molar-refractivity contribution is -0.870. The molecule has 1 amide bonds. The summed E-state index contributed by atoms with van der Waals surface area (Å²) < 4.78 is 22.9. The molecule has 3 atom stereocenters. The predicted octanol–water partition coefficient (Wildman–Crippen LogP) is 6.93. The maximum atomic E-state index is 12.6. The SMILES string of the molecule is CC/C=C\C/C=C\C/C=C\CCCCCC(=O)NC(COP(=O)([O-])OCC[N+](C)(C)C)C(O)/C=C/CC/C=C/CCCC. The summed E-state index contributed by atoms with van der Waals surface area (Å²) in [7, 11) is 1.20. The van der Waals surface area contributed by atoms with Crippen molar-refractivity contribution in [3.63, 3.8) is 0 Å². The molecule has 0 aromatic rings. The van der Waals surface area contributed by atoms with Crippen molar-refractivity contribution >= 4 is 13.7 Å². The quantitative estimate of drug-likeness (QED) is 0.0444. The van der Waals surface area contributed by atoms with E-state index in [1.165, 1.54) is 6.42 Å². The summed E-state index contributed by atoms with van der Waals surface area (Å²) in [6.07, 6.45) is 31.4. The average Bonchev–Trinajstić information content (AvgIpc) is 2.94. The van der Waals surface area contributed by atoms with Gasteiger partial charge in [0.15, 0.2) is 0 Å². The highest BCUT2D eigenvalue weighted by Crippen LogP contribution is 2.38. The zero-order valence-corrected chi connectivity index (χ0v) is 28.5. The van der Waals surface area contributed by atoms with Gasteiger partial charge >= 0.3 is 0 Å². The van der Waals surface area contributed by atoms with E-state index in [1.807, 2.05) is 27.2 Å². The number of carbonyl (C=O) groups is 1. The molecule has 8 nitrogen and oxygen atoms in total. The monoisotopic (exact) mass is 624 g/mol. The zero-order chi connectivity index (χ0) is 32.2. The second-order valence-corrected chi connectivity index (χ2v) is 13.2. The van der Waals surface area contributed by atoms with Gasteiger partial charge in [-0.1, -0.05) is 93.9 Å². The predicted molar refractivity (Wildman–Crippen MR) is 177 cm³/mol. The highest BCUT2D eigenvalue weighted by Gasteiger charge is 2.23. The fourth-order valence-corrected chi connectivity index (χ4v) is 4.53. The number of hydrogen-bond donors (Lipinski definition) is 2. The molecule has 0 fully saturated rings. The first-order valence-electron chi connectivity index (χ1n) is 16.2. The summed E-state index contributed by atoms with van der Waals surface area (Å²) >= 11 is 0. The molecule has 0 aliphatic rings. The van der Waals surface area contributed by atoms with E-state index in [9.17, 15) is 19.4 Å². The third kappa shape index (κ3) is 28.7. The molecule has 2 N–H and O–H groups in total. The fourth-order valence-electron chi connectivity index (χ4n) is 3.81. The number of allylic oxidation sites excluding steroid dienone is 9. The molecule has 248 valence electrons. The van der Waals surface area contributed by atoms with Crippen LogP contribution in [-0.4, -0.2) is 68.5 Å². The second kappa shape index (κ2) is 26.6. The summed E-state index contributed by atoms with van der Waals surface area (Å²) in [6.45, 7) is 4.35. The summed E-state index contributed by atoms with van der Waals surface area (Å²) in [4.78, 5) is 24.9. The number of quaternary nitrogens is 1. The van der Waals surface area contributed by atoms with Gasteiger partial charge in [0.05, 0.1) is 39.9 Å². The minimum atomic E-state index is -4.59. The van der Waals surface area contributed by atoms with Crippen LogP contribution in [0.1, 0.15) is 97.3 Å². The van der Waals surface area contributed by atoms with Crippen LogP contribution in [0.2, 0.25) is 0 Å². The number of nitrogens with one attached hydrogen (secondary N) is 1. The van der Waals surface area contributed by atoms with E-state index >= 15 is 0 Å². The molecule has 0 heterocycles. The van der Waals surface area contributed by atoms with Gasteiger partial charge in [-0.3, -0.25) is 9.36 Å². The van der Waals surface area contributed by atoms with E-state index in [0.717, 1.165) is 64.2 Å². The number of aliphatic hydroxyl groups is 1. The summed E-state index contributed by atoms with van der Waals surface area (Å²) in [5.74, 6) is -0.246. The van der Waals surface area contributed by atoms with Gasteiger partial charge in [0.2, 0.25) is 5.91 Å². The van der Waals surface area contributed by atoms with Crippen LogP contribution in [0.4, 0.5) is 0 Å². The fraction of sp³-hybridized carbons (Fsp3) is 0.676. The molecule has 0 saturated heterocycles. The Bertz CT molecular complexity index is 892. The smallest absolute Gasteiger partial charge is 0.268 e. The number of hydrogen-bond acceptors (Lipinski definition) is 6. The van der Waals surface area contributed by atoms with Crippen molar-refractivity contribution in [3.8, 4) is 0 Å². The van der Waals surface area contributed by atoms with Gasteiger partial charge in [0.25, 0.3) is 7.82 Å². The Labute approximate surface area is 262 Å². The van der Waals surface area contributed by atoms with E-state index < -0.39 is 26.6 Å². The van der Waals surface area contributed by atoms with Crippen LogP contribution in [0.5, 0.6) is 0 Å². The van der Waals surface area contributed by atoms with E-state index in [2.05, 4.69) is 67.8 Å². The first-order valence-corrected chi connectivity index (χ1v) is 17.6. The van der Waals surface area contributed by atoms with Crippen molar-refractivity contribution in [2.45, 2.75) is 109 Å². The highest BCUT2D eigenvalue weighted by atomic mass is 31.2. The largest absolute Gasteiger partial charge is 0.756 e. The van der Waals surface area contributed by atoms with Gasteiger partial charge in [-0.2, -0.15) is 0 Å². The molecule has 0 spiro atoms. The maximum absolute atomic E-state index is 12.6. The summed E-state index contributed by atoms with van der Waals surface area (Å²) in [5, 5.41) is 13.5. The van der Waals surface area contributed by atoms with Crippen molar-refractivity contribution in [3.05, 3.63) is 60.8 Å². The third-order valence-electron chi connectivity index (χ3n) is 6.46. The Morgan fingerprint density at radius 3 is 2.12 bits per heavy atom. The molecule has 0 saturated carbocycles. The topological polar surface area (TPSA) is 108 Å². The minimum Gasteiger partial charge on any atom is -0.756 e. The molecule has 0 bridgehead atoms. The molecule has 3 unspecified atom stereocenters. The average molecular weight is 625 g/mol. The lowest BCUT2D eigenvalue weighted by atomic mass is 10.1. The molecule has 43 heavy (non-hydrogen) atoms. The Morgan fingerprint density at radius 1 is 0.837 bits per heavy atom. The molecule has 0 aromatic carbocycles. The van der Waals surface area contributed by atoms with Gasteiger partial charge < -0.3 is 28.8 Å². The second-order valence-electron chi connectivity index (χ2n) is 11.8. The molecular formula is C34H61N2O6P. The number of phosphoric ester groups is 1. The number of carbonyl (C=O) groups excluding carboxylic acids is 1. The van der Waals surface area contributed by atoms with Gasteiger partial charge in [-0.15, -0.1) is 0 Å². The van der Waals surface area contributed by atoms with E-state index in [0.29, 0.717) is 23.9 Å². The molecule has 0 aliphatic carbocycles. The standard InChI is InChI=1S/C34H61N2O6P/c1-6-8-10-12-14-16-17-18-19-20-22-24-26-28-34(38)35-32(31-42-43(39,40)41-30-29-36(3,4)5)33(37)27-25-23-21-15-13-11-9-7-2/h8,10,13-16,18-19,25,27,32-33,37H,6-7,9,11-12,17,20-24,26,28-31H2,1-5H3,(H-,35,38,39,40)/b10-8-,15-13+,16-14-,19-18-,27-25+. The van der Waals surface area contributed by atoms with Gasteiger partial charge in [0.1, 0.15) is 13.2 Å². The van der Waals surface area contributed by atoms with Crippen LogP contribution < -0.4 is 10.2 Å². The zero-order valence-electron chi connectivity index (χ0n) is 27.6. The number of phosphoric acid groups is 1. The van der Waals surface area contributed by atoms with E-state index in [-0.39, 0.29) is 12.5 Å². The third-order valence-corrected chi connectivity index (χ3v) is 7.43. The maximum Gasteiger partial charge on any atom is 0.268 e. The molecule has 0 radical (unpaired) electrons. The van der Waals surface area contributed by atoms with Crippen LogP contribution in [0.25, 0.3) is 0 Å². The van der Waals surface area contributed by atoms with Crippen LogP contribution in [0, 0.1) is 0 Å². The normalized spacial score (nSPS) is 15.8. The van der Waals surface area contributed by atoms with Crippen LogP contribution in [0.15, 0.2) is 60.8 Å². The number of amides is 1. The van der Waals surface area contributed by atoms with Crippen LogP contribution in [0.3, 0.4) is 0 Å². The molecular weight excluding hydrogens is 563 g/mol. The number of unbranched alkanes of at least 4 members (excludes halogenated alkanes) is 6. The number of aliphatic hydroxyl groups excluding tert-OH is 1. The first-order chi connectivity index (χ1) is 20.5. The lowest BCUT2D eigenvalue weighted by Gasteiger charge is -2.29. The van der Waals surface area contributed by atoms with Gasteiger partial charge in [0, 0.05) is 6.42 Å². The molecule has 0 aliphatic heterocycles. The van der Waals surface area contributed by atoms with Crippen molar-refractivity contribution in [1.82, 2.24) is 5.32 Å². The first kappa shape index (κ1) is 41.2. The van der Waals surface area contributed by atoms with Crippen molar-refractivity contribution in [2.24, 2.45) is 0 Å².